The molecule has 0 spiro atoms. The lowest BCUT2D eigenvalue weighted by atomic mass is 9.91. The van der Waals surface area contributed by atoms with Gasteiger partial charge >= 0.3 is 0 Å². The highest BCUT2D eigenvalue weighted by atomic mass is 32.8. The van der Waals surface area contributed by atoms with Crippen molar-refractivity contribution in [3.05, 3.63) is 76.5 Å². The number of allylic oxidation sites excluding steroid dienone is 2. The Kier molecular flexibility index (Phi) is 7.33. The molecule has 0 saturated carbocycles. The summed E-state index contributed by atoms with van der Waals surface area (Å²) in [5.74, 6) is 1.21. The van der Waals surface area contributed by atoms with Gasteiger partial charge in [-0.25, -0.2) is 4.39 Å². The quantitative estimate of drug-likeness (QED) is 0.381. The van der Waals surface area contributed by atoms with Crippen LogP contribution in [0, 0.1) is 5.82 Å². The molecule has 4 rings (SSSR count). The summed E-state index contributed by atoms with van der Waals surface area (Å²) in [5.41, 5.74) is 6.64. The first-order chi connectivity index (χ1) is 16.2. The minimum absolute atomic E-state index is 0.0206. The summed E-state index contributed by atoms with van der Waals surface area (Å²) in [6, 6.07) is 12.0. The van der Waals surface area contributed by atoms with Gasteiger partial charge in [-0.2, -0.15) is 5.10 Å². The number of aromatic nitrogens is 3. The number of nitrogens with zero attached hydrogens (tertiary/aromatic N) is 2. The molecule has 0 fully saturated rings. The number of rotatable bonds is 7. The molecule has 180 valence electrons. The summed E-state index contributed by atoms with van der Waals surface area (Å²) in [6.45, 7) is 8.60. The molecule has 1 aromatic carbocycles. The van der Waals surface area contributed by atoms with E-state index in [4.69, 9.17) is 16.2 Å². The van der Waals surface area contributed by atoms with Crippen LogP contribution in [0.25, 0.3) is 5.57 Å². The SMILES string of the molecule is CCc1ccc(Nc2cc(C3C=C(c4cccc(C(C)(C)C)n4)CC3)[nH]n2)c(F)c1CS(C)=S. The monoisotopic (exact) mass is 496 g/mol. The number of hydrogen-bond donors (Lipinski definition) is 2. The fourth-order valence-corrected chi connectivity index (χ4v) is 5.46. The predicted octanol–water partition coefficient (Wildman–Crippen LogP) is 6.72. The van der Waals surface area contributed by atoms with Crippen LogP contribution in [0.5, 0.6) is 0 Å². The Balaban J connectivity index is 1.53. The minimum Gasteiger partial charge on any atom is -0.336 e. The molecule has 2 N–H and O–H groups in total. The van der Waals surface area contributed by atoms with E-state index in [0.29, 0.717) is 17.3 Å². The third kappa shape index (κ3) is 5.47. The van der Waals surface area contributed by atoms with E-state index in [1.54, 1.807) is 6.07 Å². The number of anilines is 2. The number of hydrogen-bond acceptors (Lipinski definition) is 4. The molecule has 2 aromatic heterocycles. The molecule has 7 heteroatoms. The summed E-state index contributed by atoms with van der Waals surface area (Å²) < 4.78 is 15.3. The van der Waals surface area contributed by atoms with E-state index in [-0.39, 0.29) is 26.6 Å². The first-order valence-corrected chi connectivity index (χ1v) is 14.5. The van der Waals surface area contributed by atoms with Crippen molar-refractivity contribution in [1.82, 2.24) is 15.2 Å². The largest absolute Gasteiger partial charge is 0.336 e. The zero-order valence-electron chi connectivity index (χ0n) is 20.5. The minimum atomic E-state index is -0.285. The zero-order chi connectivity index (χ0) is 24.5. The van der Waals surface area contributed by atoms with Crippen LogP contribution in [0.15, 0.2) is 42.5 Å². The van der Waals surface area contributed by atoms with Gasteiger partial charge < -0.3 is 5.32 Å². The van der Waals surface area contributed by atoms with Crippen LogP contribution >= 0.6 is 0 Å². The van der Waals surface area contributed by atoms with Crippen molar-refractivity contribution in [2.45, 2.75) is 64.0 Å². The van der Waals surface area contributed by atoms with Gasteiger partial charge in [0.25, 0.3) is 0 Å². The van der Waals surface area contributed by atoms with E-state index in [2.05, 4.69) is 60.6 Å². The lowest BCUT2D eigenvalue weighted by molar-refractivity contribution is 0.568. The van der Waals surface area contributed by atoms with Crippen molar-refractivity contribution in [2.24, 2.45) is 0 Å². The van der Waals surface area contributed by atoms with Gasteiger partial charge in [-0.1, -0.05) is 57.1 Å². The maximum atomic E-state index is 15.3. The van der Waals surface area contributed by atoms with Crippen LogP contribution in [-0.2, 0) is 38.2 Å². The molecule has 1 aliphatic rings. The number of aryl methyl sites for hydroxylation is 1. The Hall–Kier alpha value is -2.38. The molecule has 0 bridgehead atoms. The number of nitrogens with one attached hydrogen (secondary N) is 2. The highest BCUT2D eigenvalue weighted by molar-refractivity contribution is 8.28. The van der Waals surface area contributed by atoms with Gasteiger partial charge in [-0.3, -0.25) is 10.1 Å². The molecular weight excluding hydrogens is 463 g/mol. The van der Waals surface area contributed by atoms with Gasteiger partial charge in [-0.15, -0.1) is 9.45 Å². The summed E-state index contributed by atoms with van der Waals surface area (Å²) in [6.07, 6.45) is 7.01. The van der Waals surface area contributed by atoms with Crippen LogP contribution < -0.4 is 5.32 Å². The Labute approximate surface area is 209 Å². The zero-order valence-corrected chi connectivity index (χ0v) is 22.2. The fourth-order valence-electron chi connectivity index (χ4n) is 4.39. The van der Waals surface area contributed by atoms with Gasteiger partial charge in [0.1, 0.15) is 0 Å². The molecule has 1 aliphatic carbocycles. The number of halogens is 1. The van der Waals surface area contributed by atoms with Gasteiger partial charge in [0.2, 0.25) is 0 Å². The summed E-state index contributed by atoms with van der Waals surface area (Å²) >= 11 is 5.35. The van der Waals surface area contributed by atoms with Gasteiger partial charge in [-0.05, 0) is 54.9 Å². The van der Waals surface area contributed by atoms with Crippen LogP contribution in [-0.4, -0.2) is 21.4 Å². The highest BCUT2D eigenvalue weighted by Crippen LogP contribution is 2.37. The van der Waals surface area contributed by atoms with Gasteiger partial charge in [0, 0.05) is 40.1 Å². The first-order valence-electron chi connectivity index (χ1n) is 11.8. The summed E-state index contributed by atoms with van der Waals surface area (Å²) in [4.78, 5) is 4.91. The average molecular weight is 497 g/mol. The van der Waals surface area contributed by atoms with Crippen molar-refractivity contribution in [2.75, 3.05) is 11.6 Å². The summed E-state index contributed by atoms with van der Waals surface area (Å²) in [5, 5.41) is 10.7. The highest BCUT2D eigenvalue weighted by Gasteiger charge is 2.23. The van der Waals surface area contributed by atoms with E-state index in [0.717, 1.165) is 47.5 Å². The maximum Gasteiger partial charge on any atom is 0.152 e. The molecule has 0 amide bonds. The van der Waals surface area contributed by atoms with Gasteiger partial charge in [0.05, 0.1) is 11.4 Å². The maximum absolute atomic E-state index is 15.3. The molecular formula is C27H33FN4S2. The molecule has 34 heavy (non-hydrogen) atoms. The van der Waals surface area contributed by atoms with E-state index in [1.165, 1.54) is 5.57 Å². The number of H-pyrrole nitrogens is 1. The van der Waals surface area contributed by atoms with Crippen molar-refractivity contribution in [3.8, 4) is 0 Å². The average Bonchev–Trinajstić information content (AvgIpc) is 3.46. The molecule has 2 atom stereocenters. The molecule has 2 unspecified atom stereocenters. The standard InChI is InChI=1S/C27H33FN4S2/c1-6-17-12-13-22(26(28)20(17)16-34(5)33)30-25-15-23(31-32-25)19-11-10-18(14-19)21-8-7-9-24(29-21)27(2,3)4/h7-9,12-15,19H,6,10-11,16H2,1-5H3,(H2,30,31,32). The van der Waals surface area contributed by atoms with Crippen LogP contribution in [0.4, 0.5) is 15.9 Å². The van der Waals surface area contributed by atoms with E-state index in [1.807, 2.05) is 25.3 Å². The molecule has 2 heterocycles. The summed E-state index contributed by atoms with van der Waals surface area (Å²) in [7, 11) is -0.285. The number of benzene rings is 1. The second kappa shape index (κ2) is 10.1. The Morgan fingerprint density at radius 3 is 2.74 bits per heavy atom. The molecule has 3 aromatic rings. The third-order valence-corrected chi connectivity index (χ3v) is 7.35. The van der Waals surface area contributed by atoms with Crippen molar-refractivity contribution in [3.63, 3.8) is 0 Å². The molecule has 4 nitrogen and oxygen atoms in total. The van der Waals surface area contributed by atoms with E-state index >= 15 is 4.39 Å². The Morgan fingerprint density at radius 2 is 2.03 bits per heavy atom. The first kappa shape index (κ1) is 24.7. The second-order valence-corrected chi connectivity index (χ2v) is 13.1. The van der Waals surface area contributed by atoms with Crippen LogP contribution in [0.1, 0.15) is 74.7 Å². The predicted molar refractivity (Wildman–Crippen MR) is 145 cm³/mol. The molecule has 0 radical (unpaired) electrons. The van der Waals surface area contributed by atoms with Crippen molar-refractivity contribution in [1.29, 1.82) is 0 Å². The lowest BCUT2D eigenvalue weighted by Gasteiger charge is -2.18. The van der Waals surface area contributed by atoms with E-state index in [9.17, 15) is 0 Å². The van der Waals surface area contributed by atoms with E-state index < -0.39 is 0 Å². The topological polar surface area (TPSA) is 53.6 Å². The molecule has 0 saturated heterocycles. The number of aromatic amines is 1. The Morgan fingerprint density at radius 1 is 1.24 bits per heavy atom. The van der Waals surface area contributed by atoms with Crippen LogP contribution in [0.2, 0.25) is 0 Å². The molecule has 0 aliphatic heterocycles. The fraction of sp³-hybridized carbons (Fsp3) is 0.407. The smallest absolute Gasteiger partial charge is 0.152 e. The third-order valence-electron chi connectivity index (χ3n) is 6.30. The van der Waals surface area contributed by atoms with Crippen molar-refractivity contribution >= 4 is 37.7 Å². The Bertz CT molecular complexity index is 1240. The van der Waals surface area contributed by atoms with Crippen LogP contribution in [0.3, 0.4) is 0 Å². The lowest BCUT2D eigenvalue weighted by Crippen LogP contribution is -2.13. The number of pyridine rings is 1. The second-order valence-electron chi connectivity index (χ2n) is 9.96. The van der Waals surface area contributed by atoms with Crippen molar-refractivity contribution < 1.29 is 4.39 Å². The normalized spacial score (nSPS) is 17.0. The van der Waals surface area contributed by atoms with Gasteiger partial charge in [0.15, 0.2) is 11.6 Å².